The van der Waals surface area contributed by atoms with E-state index in [-0.39, 0.29) is 5.96 Å². The van der Waals surface area contributed by atoms with Gasteiger partial charge in [-0.3, -0.25) is 20.2 Å². The zero-order valence-electron chi connectivity index (χ0n) is 22.4. The van der Waals surface area contributed by atoms with Gasteiger partial charge in [0.2, 0.25) is 17.8 Å². The summed E-state index contributed by atoms with van der Waals surface area (Å²) in [5.74, 6) is -0.945. The number of guanidine groups is 1. The lowest BCUT2D eigenvalue weighted by molar-refractivity contribution is -0.145. The van der Waals surface area contributed by atoms with Crippen LogP contribution in [0.3, 0.4) is 0 Å². The summed E-state index contributed by atoms with van der Waals surface area (Å²) in [5, 5.41) is 7.99. The molecular weight excluding hydrogens is 490 g/mol. The van der Waals surface area contributed by atoms with Gasteiger partial charge >= 0.3 is 6.03 Å². The summed E-state index contributed by atoms with van der Waals surface area (Å²) in [4.78, 5) is 44.7. The first-order chi connectivity index (χ1) is 19.0. The third-order valence-corrected chi connectivity index (χ3v) is 6.87. The second kappa shape index (κ2) is 12.9. The highest BCUT2D eigenvalue weighted by molar-refractivity contribution is 6.22. The molecule has 1 fully saturated rings. The van der Waals surface area contributed by atoms with Crippen LogP contribution in [0.5, 0.6) is 0 Å². The number of rotatable bonds is 10. The third kappa shape index (κ3) is 6.52. The van der Waals surface area contributed by atoms with E-state index in [4.69, 9.17) is 0 Å². The number of nitrogens with one attached hydrogen (secondary N) is 3. The molecule has 0 spiro atoms. The molecule has 39 heavy (non-hydrogen) atoms. The lowest BCUT2D eigenvalue weighted by atomic mass is 9.75. The molecule has 1 saturated heterocycles. The van der Waals surface area contributed by atoms with Crippen LogP contribution >= 0.6 is 0 Å². The largest absolute Gasteiger partial charge is 0.348 e. The maximum absolute atomic E-state index is 13.0. The topological polar surface area (TPSA) is 103 Å². The van der Waals surface area contributed by atoms with Crippen molar-refractivity contribution < 1.29 is 14.4 Å². The minimum Gasteiger partial charge on any atom is -0.311 e. The number of unbranched alkanes of at least 4 members (excludes halogenated alkanes) is 2. The van der Waals surface area contributed by atoms with Gasteiger partial charge in [-0.2, -0.15) is 4.99 Å². The second-order valence-corrected chi connectivity index (χ2v) is 9.64. The first-order valence-corrected chi connectivity index (χ1v) is 13.5. The lowest BCUT2D eigenvalue weighted by Gasteiger charge is -2.35. The molecule has 8 heteroatoms. The van der Waals surface area contributed by atoms with Gasteiger partial charge in [0, 0.05) is 22.7 Å². The normalized spacial score (nSPS) is 14.3. The number of hydrogen-bond donors (Lipinski definition) is 3. The van der Waals surface area contributed by atoms with E-state index in [2.05, 4.69) is 25.8 Å². The minimum atomic E-state index is -1.12. The van der Waals surface area contributed by atoms with Crippen molar-refractivity contribution in [3.8, 4) is 0 Å². The van der Waals surface area contributed by atoms with Crippen LogP contribution in [0.2, 0.25) is 0 Å². The zero-order chi connectivity index (χ0) is 27.7. The van der Waals surface area contributed by atoms with E-state index >= 15 is 0 Å². The first-order valence-electron chi connectivity index (χ1n) is 13.5. The lowest BCUT2D eigenvalue weighted by Crippen LogP contribution is -2.63. The Morgan fingerprint density at radius 3 is 1.67 bits per heavy atom. The van der Waals surface area contributed by atoms with Crippen molar-refractivity contribution in [1.29, 1.82) is 0 Å². The molecule has 1 heterocycles. The minimum absolute atomic E-state index is 0.151. The predicted octanol–water partition coefficient (Wildman–Crippen LogP) is 6.66. The fourth-order valence-corrected chi connectivity index (χ4v) is 4.73. The number of hydrogen-bond acceptors (Lipinski definition) is 4. The highest BCUT2D eigenvalue weighted by Crippen LogP contribution is 2.35. The average molecular weight is 526 g/mol. The molecule has 0 aliphatic carbocycles. The van der Waals surface area contributed by atoms with Crippen LogP contribution in [0.15, 0.2) is 89.9 Å². The number of benzene rings is 3. The number of carbonyl (C=O) groups is 3. The molecule has 202 valence electrons. The number of amides is 4. The van der Waals surface area contributed by atoms with E-state index < -0.39 is 23.3 Å². The molecule has 4 amide bonds. The number of anilines is 4. The molecular formula is C31H35N5O3. The summed E-state index contributed by atoms with van der Waals surface area (Å²) in [7, 11) is 0. The van der Waals surface area contributed by atoms with Crippen molar-refractivity contribution in [3.63, 3.8) is 0 Å². The van der Waals surface area contributed by atoms with Gasteiger partial charge in [0.05, 0.1) is 0 Å². The fourth-order valence-electron chi connectivity index (χ4n) is 4.73. The van der Waals surface area contributed by atoms with E-state index in [1.807, 2.05) is 86.6 Å². The number of carbonyl (C=O) groups excluding carboxylic acids is 3. The van der Waals surface area contributed by atoms with Crippen LogP contribution in [0.4, 0.5) is 27.5 Å². The highest BCUT2D eigenvalue weighted by Gasteiger charge is 2.48. The van der Waals surface area contributed by atoms with Crippen molar-refractivity contribution >= 4 is 46.6 Å². The van der Waals surface area contributed by atoms with Gasteiger partial charge in [-0.25, -0.2) is 4.79 Å². The third-order valence-electron chi connectivity index (χ3n) is 6.87. The average Bonchev–Trinajstić information content (AvgIpc) is 2.95. The molecule has 1 aliphatic rings. The van der Waals surface area contributed by atoms with Gasteiger partial charge in [0.25, 0.3) is 0 Å². The summed E-state index contributed by atoms with van der Waals surface area (Å²) in [5.41, 5.74) is 2.33. The predicted molar refractivity (Wildman–Crippen MR) is 155 cm³/mol. The maximum atomic E-state index is 13.0. The zero-order valence-corrected chi connectivity index (χ0v) is 22.4. The number of nitrogens with zero attached hydrogens (tertiary/aromatic N) is 2. The maximum Gasteiger partial charge on any atom is 0.348 e. The standard InChI is InChI=1S/C31H35N5O3/c1-3-5-21-31(22-6-4-2)27(37)33-29(34-28(31)38)35-30(39)32-23-17-19-26(20-18-23)36(24-13-9-7-10-14-24)25-15-11-8-12-16-25/h7-20H,3-6,21-22H2,1-2H3,(H3,32,33,34,35,37,38,39). The molecule has 0 unspecified atom stereocenters. The molecule has 0 bridgehead atoms. The van der Waals surface area contributed by atoms with Crippen molar-refractivity contribution in [2.45, 2.75) is 52.4 Å². The van der Waals surface area contributed by atoms with Crippen LogP contribution in [0.25, 0.3) is 0 Å². The van der Waals surface area contributed by atoms with Gasteiger partial charge in [-0.05, 0) is 61.4 Å². The quantitative estimate of drug-likeness (QED) is 0.258. The van der Waals surface area contributed by atoms with Crippen LogP contribution in [0, 0.1) is 5.41 Å². The Morgan fingerprint density at radius 2 is 1.21 bits per heavy atom. The Morgan fingerprint density at radius 1 is 0.744 bits per heavy atom. The van der Waals surface area contributed by atoms with Crippen LogP contribution < -0.4 is 20.9 Å². The molecule has 4 rings (SSSR count). The summed E-state index contributed by atoms with van der Waals surface area (Å²) < 4.78 is 0. The number of aliphatic imine (C=N–C) groups is 1. The molecule has 8 nitrogen and oxygen atoms in total. The first kappa shape index (κ1) is 27.6. The van der Waals surface area contributed by atoms with Crippen LogP contribution in [-0.4, -0.2) is 23.8 Å². The van der Waals surface area contributed by atoms with Crippen molar-refractivity contribution in [3.05, 3.63) is 84.9 Å². The summed E-state index contributed by atoms with van der Waals surface area (Å²) in [6, 6.07) is 26.7. The smallest absolute Gasteiger partial charge is 0.311 e. The molecule has 0 aromatic heterocycles. The monoisotopic (exact) mass is 525 g/mol. The molecule has 0 radical (unpaired) electrons. The molecule has 1 aliphatic heterocycles. The molecule has 3 aromatic carbocycles. The Hall–Kier alpha value is -4.46. The molecule has 0 atom stereocenters. The van der Waals surface area contributed by atoms with E-state index in [9.17, 15) is 14.4 Å². The number of urea groups is 1. The Kier molecular flexibility index (Phi) is 9.10. The summed E-state index contributed by atoms with van der Waals surface area (Å²) in [6.45, 7) is 4.05. The number of para-hydroxylation sites is 2. The molecule has 3 aromatic rings. The second-order valence-electron chi connectivity index (χ2n) is 9.64. The molecule has 3 N–H and O–H groups in total. The van der Waals surface area contributed by atoms with Gasteiger partial charge in [0.15, 0.2) is 0 Å². The van der Waals surface area contributed by atoms with E-state index in [1.165, 1.54) is 0 Å². The SMILES string of the molecule is CCCCC1(CCCC)C(=O)NC(=NC(=O)Nc2ccc(N(c3ccccc3)c3ccccc3)cc2)NC1=O. The molecule has 0 saturated carbocycles. The summed E-state index contributed by atoms with van der Waals surface area (Å²) in [6.07, 6.45) is 4.22. The van der Waals surface area contributed by atoms with Gasteiger partial charge in [0.1, 0.15) is 5.41 Å². The Bertz CT molecular complexity index is 1240. The Labute approximate surface area is 229 Å². The highest BCUT2D eigenvalue weighted by atomic mass is 16.2. The van der Waals surface area contributed by atoms with Crippen LogP contribution in [0.1, 0.15) is 52.4 Å². The van der Waals surface area contributed by atoms with Crippen LogP contribution in [-0.2, 0) is 9.59 Å². The van der Waals surface area contributed by atoms with E-state index in [0.29, 0.717) is 18.5 Å². The fraction of sp³-hybridized carbons (Fsp3) is 0.290. The Balaban J connectivity index is 1.47. The van der Waals surface area contributed by atoms with Gasteiger partial charge < -0.3 is 10.2 Å². The summed E-state index contributed by atoms with van der Waals surface area (Å²) >= 11 is 0. The van der Waals surface area contributed by atoms with Crippen molar-refractivity contribution in [1.82, 2.24) is 10.6 Å². The van der Waals surface area contributed by atoms with Crippen molar-refractivity contribution in [2.75, 3.05) is 10.2 Å². The van der Waals surface area contributed by atoms with E-state index in [1.54, 1.807) is 12.1 Å². The van der Waals surface area contributed by atoms with E-state index in [0.717, 1.165) is 42.7 Å². The van der Waals surface area contributed by atoms with Gasteiger partial charge in [-0.15, -0.1) is 0 Å². The van der Waals surface area contributed by atoms with Gasteiger partial charge in [-0.1, -0.05) is 75.9 Å². The van der Waals surface area contributed by atoms with Crippen molar-refractivity contribution in [2.24, 2.45) is 10.4 Å².